The Morgan fingerprint density at radius 3 is 1.35 bits per heavy atom. The molecule has 0 heterocycles. The molecule has 0 radical (unpaired) electrons. The largest absolute Gasteiger partial charge is 0.332 e. The van der Waals surface area contributed by atoms with E-state index in [1.807, 2.05) is 36.4 Å². The van der Waals surface area contributed by atoms with Crippen LogP contribution in [0.25, 0.3) is 0 Å². The Balaban J connectivity index is 1.50. The predicted molar refractivity (Wildman–Crippen MR) is 135 cm³/mol. The first kappa shape index (κ1) is 22.1. The zero-order chi connectivity index (χ0) is 22.2. The van der Waals surface area contributed by atoms with Gasteiger partial charge >= 0.3 is 0 Å². The van der Waals surface area contributed by atoms with Gasteiger partial charge in [0.2, 0.25) is 0 Å². The van der Waals surface area contributed by atoms with Crippen molar-refractivity contribution in [2.24, 2.45) is 0 Å². The van der Waals surface area contributed by atoms with Gasteiger partial charge in [0.25, 0.3) is 5.69 Å². The van der Waals surface area contributed by atoms with Crippen molar-refractivity contribution in [1.29, 1.82) is 0 Å². The van der Waals surface area contributed by atoms with E-state index in [0.717, 1.165) is 23.5 Å². The number of hydrogen-bond donors (Lipinski definition) is 4. The minimum absolute atomic E-state index is 0.0258. The van der Waals surface area contributed by atoms with Gasteiger partial charge in [-0.05, 0) is 85.0 Å². The fraction of sp³-hybridized carbons (Fsp3) is 0.0909. The summed E-state index contributed by atoms with van der Waals surface area (Å²) in [5.41, 5.74) is 4.51. The minimum atomic E-state index is -0.445. The van der Waals surface area contributed by atoms with E-state index in [2.05, 4.69) is 40.3 Å². The van der Waals surface area contributed by atoms with Crippen LogP contribution in [-0.2, 0) is 6.42 Å². The van der Waals surface area contributed by atoms with E-state index in [1.165, 1.54) is 17.7 Å². The highest BCUT2D eigenvalue weighted by Crippen LogP contribution is 2.18. The number of nitrogens with one attached hydrogen (secondary N) is 4. The molecule has 3 rings (SSSR count). The summed E-state index contributed by atoms with van der Waals surface area (Å²) in [5, 5.41) is 24.0. The zero-order valence-electron chi connectivity index (χ0n) is 16.7. The molecule has 3 aromatic rings. The van der Waals surface area contributed by atoms with E-state index < -0.39 is 4.92 Å². The third-order valence-electron chi connectivity index (χ3n) is 4.36. The third-order valence-corrected chi connectivity index (χ3v) is 4.76. The highest BCUT2D eigenvalue weighted by Gasteiger charge is 2.05. The van der Waals surface area contributed by atoms with E-state index in [-0.39, 0.29) is 5.69 Å². The lowest BCUT2D eigenvalue weighted by molar-refractivity contribution is -0.384. The van der Waals surface area contributed by atoms with Gasteiger partial charge in [0, 0.05) is 34.9 Å². The molecule has 0 saturated carbocycles. The Morgan fingerprint density at radius 1 is 0.710 bits per heavy atom. The summed E-state index contributed by atoms with van der Waals surface area (Å²) in [5.74, 6) is 0. The molecule has 0 saturated heterocycles. The molecule has 0 unspecified atom stereocenters. The fourth-order valence-electron chi connectivity index (χ4n) is 2.71. The van der Waals surface area contributed by atoms with Crippen LogP contribution >= 0.6 is 24.4 Å². The van der Waals surface area contributed by atoms with E-state index in [0.29, 0.717) is 15.9 Å². The number of thiocarbonyl (C=S) groups is 2. The van der Waals surface area contributed by atoms with Crippen LogP contribution in [-0.4, -0.2) is 15.1 Å². The Labute approximate surface area is 191 Å². The molecule has 0 bridgehead atoms. The molecule has 0 aliphatic rings. The Hall–Kier alpha value is -3.56. The van der Waals surface area contributed by atoms with Crippen LogP contribution < -0.4 is 21.3 Å². The topological polar surface area (TPSA) is 91.3 Å². The lowest BCUT2D eigenvalue weighted by Gasteiger charge is -2.13. The van der Waals surface area contributed by atoms with Crippen molar-refractivity contribution < 1.29 is 4.92 Å². The number of non-ortho nitro benzene ring substituents is 1. The first-order valence-electron chi connectivity index (χ1n) is 9.52. The number of nitro benzene ring substituents is 1. The summed E-state index contributed by atoms with van der Waals surface area (Å²) < 4.78 is 0. The first-order valence-corrected chi connectivity index (χ1v) is 10.3. The third kappa shape index (κ3) is 6.73. The molecule has 3 aromatic carbocycles. The normalized spacial score (nSPS) is 10.1. The highest BCUT2D eigenvalue weighted by molar-refractivity contribution is 7.81. The second-order valence-corrected chi connectivity index (χ2v) is 7.41. The summed E-state index contributed by atoms with van der Waals surface area (Å²) in [4.78, 5) is 10.3. The van der Waals surface area contributed by atoms with Crippen molar-refractivity contribution >= 4 is 63.1 Å². The van der Waals surface area contributed by atoms with Crippen LogP contribution in [0, 0.1) is 10.1 Å². The quantitative estimate of drug-likeness (QED) is 0.213. The number of aryl methyl sites for hydroxylation is 1. The Kier molecular flexibility index (Phi) is 7.47. The Morgan fingerprint density at radius 2 is 1.03 bits per heavy atom. The lowest BCUT2D eigenvalue weighted by atomic mass is 10.1. The van der Waals surface area contributed by atoms with Gasteiger partial charge in [-0.3, -0.25) is 10.1 Å². The van der Waals surface area contributed by atoms with Crippen LogP contribution in [0.3, 0.4) is 0 Å². The standard InChI is InChI=1S/C22H21N5O2S2/c1-2-15-3-5-16(6-4-15)23-21(30)24-17-7-9-18(10-8-17)25-22(31)26-19-11-13-20(14-12-19)27(28)29/h3-14H,2H2,1H3,(H2,23,24,30)(H2,25,26,31). The van der Waals surface area contributed by atoms with Crippen LogP contribution in [0.15, 0.2) is 72.8 Å². The second kappa shape index (κ2) is 10.5. The van der Waals surface area contributed by atoms with Gasteiger partial charge in [-0.2, -0.15) is 0 Å². The second-order valence-electron chi connectivity index (χ2n) is 6.59. The molecular formula is C22H21N5O2S2. The van der Waals surface area contributed by atoms with Crippen molar-refractivity contribution in [2.75, 3.05) is 21.3 Å². The fourth-order valence-corrected chi connectivity index (χ4v) is 3.19. The minimum Gasteiger partial charge on any atom is -0.332 e. The summed E-state index contributed by atoms with van der Waals surface area (Å²) in [6, 6.07) is 21.7. The van der Waals surface area contributed by atoms with E-state index in [4.69, 9.17) is 24.4 Å². The van der Waals surface area contributed by atoms with Gasteiger partial charge in [-0.1, -0.05) is 19.1 Å². The van der Waals surface area contributed by atoms with Crippen molar-refractivity contribution in [3.8, 4) is 0 Å². The Bertz CT molecular complexity index is 1070. The predicted octanol–water partition coefficient (Wildman–Crippen LogP) is 5.78. The van der Waals surface area contributed by atoms with Gasteiger partial charge in [0.1, 0.15) is 0 Å². The van der Waals surface area contributed by atoms with Crippen LogP contribution in [0.2, 0.25) is 0 Å². The maximum atomic E-state index is 10.7. The molecule has 4 N–H and O–H groups in total. The molecule has 7 nitrogen and oxygen atoms in total. The summed E-state index contributed by atoms with van der Waals surface area (Å²) >= 11 is 10.7. The van der Waals surface area contributed by atoms with Gasteiger partial charge in [-0.15, -0.1) is 0 Å². The molecule has 0 aliphatic heterocycles. The van der Waals surface area contributed by atoms with Gasteiger partial charge in [0.05, 0.1) is 4.92 Å². The van der Waals surface area contributed by atoms with Gasteiger partial charge in [-0.25, -0.2) is 0 Å². The van der Waals surface area contributed by atoms with Crippen molar-refractivity contribution in [3.63, 3.8) is 0 Å². The monoisotopic (exact) mass is 451 g/mol. The van der Waals surface area contributed by atoms with E-state index in [1.54, 1.807) is 12.1 Å². The first-order chi connectivity index (χ1) is 14.9. The molecule has 0 spiro atoms. The molecule has 0 fully saturated rings. The molecular weight excluding hydrogens is 430 g/mol. The highest BCUT2D eigenvalue weighted by atomic mass is 32.1. The number of hydrogen-bond acceptors (Lipinski definition) is 4. The maximum Gasteiger partial charge on any atom is 0.269 e. The number of anilines is 4. The van der Waals surface area contributed by atoms with Gasteiger partial charge < -0.3 is 21.3 Å². The van der Waals surface area contributed by atoms with Crippen LogP contribution in [0.4, 0.5) is 28.4 Å². The van der Waals surface area contributed by atoms with Crippen LogP contribution in [0.1, 0.15) is 12.5 Å². The molecule has 0 amide bonds. The molecule has 158 valence electrons. The average molecular weight is 452 g/mol. The lowest BCUT2D eigenvalue weighted by Crippen LogP contribution is -2.20. The number of nitrogens with zero attached hydrogens (tertiary/aromatic N) is 1. The maximum absolute atomic E-state index is 10.7. The smallest absolute Gasteiger partial charge is 0.269 e. The summed E-state index contributed by atoms with van der Waals surface area (Å²) in [6.45, 7) is 2.12. The van der Waals surface area contributed by atoms with Crippen molar-refractivity contribution in [3.05, 3.63) is 88.5 Å². The average Bonchev–Trinajstić information content (AvgIpc) is 2.76. The summed E-state index contributed by atoms with van der Waals surface area (Å²) in [7, 11) is 0. The van der Waals surface area contributed by atoms with Gasteiger partial charge in [0.15, 0.2) is 10.2 Å². The van der Waals surface area contributed by atoms with Crippen LogP contribution in [0.5, 0.6) is 0 Å². The van der Waals surface area contributed by atoms with Crippen molar-refractivity contribution in [1.82, 2.24) is 0 Å². The molecule has 0 aromatic heterocycles. The SMILES string of the molecule is CCc1ccc(NC(=S)Nc2ccc(NC(=S)Nc3ccc([N+](=O)[O-])cc3)cc2)cc1. The molecule has 0 atom stereocenters. The number of benzene rings is 3. The summed E-state index contributed by atoms with van der Waals surface area (Å²) in [6.07, 6.45) is 0.996. The number of nitro groups is 1. The van der Waals surface area contributed by atoms with E-state index >= 15 is 0 Å². The van der Waals surface area contributed by atoms with E-state index in [9.17, 15) is 10.1 Å². The molecule has 9 heteroatoms. The van der Waals surface area contributed by atoms with Crippen molar-refractivity contribution in [2.45, 2.75) is 13.3 Å². The zero-order valence-corrected chi connectivity index (χ0v) is 18.3. The molecule has 31 heavy (non-hydrogen) atoms. The molecule has 0 aliphatic carbocycles. The number of rotatable bonds is 6.